The summed E-state index contributed by atoms with van der Waals surface area (Å²) in [6, 6.07) is 0. The van der Waals surface area contributed by atoms with E-state index in [9.17, 15) is 4.39 Å². The third-order valence-electron chi connectivity index (χ3n) is 3.55. The van der Waals surface area contributed by atoms with E-state index < -0.39 is 5.67 Å². The Morgan fingerprint density at radius 2 is 1.69 bits per heavy atom. The highest BCUT2D eigenvalue weighted by Gasteiger charge is 2.48. The van der Waals surface area contributed by atoms with Crippen molar-refractivity contribution < 1.29 is 4.39 Å². The van der Waals surface area contributed by atoms with E-state index in [1.54, 1.807) is 0 Å². The quantitative estimate of drug-likeness (QED) is 0.706. The lowest BCUT2D eigenvalue weighted by atomic mass is 9.69. The minimum absolute atomic E-state index is 0.168. The molecular formula is C11H22FN. The van der Waals surface area contributed by atoms with Crippen LogP contribution < -0.4 is 5.73 Å². The lowest BCUT2D eigenvalue weighted by Gasteiger charge is -2.41. The second-order valence-electron chi connectivity index (χ2n) is 5.30. The summed E-state index contributed by atoms with van der Waals surface area (Å²) >= 11 is 0. The van der Waals surface area contributed by atoms with E-state index in [1.807, 2.05) is 20.8 Å². The first kappa shape index (κ1) is 11.0. The average molecular weight is 187 g/mol. The highest BCUT2D eigenvalue weighted by molar-refractivity contribution is 4.98. The monoisotopic (exact) mass is 187 g/mol. The molecule has 0 aromatic carbocycles. The zero-order valence-corrected chi connectivity index (χ0v) is 9.07. The molecule has 78 valence electrons. The Bertz CT molecular complexity index is 167. The molecular weight excluding hydrogens is 165 g/mol. The second-order valence-corrected chi connectivity index (χ2v) is 5.30. The standard InChI is InChI=1S/C11H22FN/c1-10(2,3)11(12,8-13)9-6-4-5-7-9/h9H,4-8,13H2,1-3H3. The van der Waals surface area contributed by atoms with Crippen molar-refractivity contribution in [3.63, 3.8) is 0 Å². The molecule has 2 heteroatoms. The first-order valence-electron chi connectivity index (χ1n) is 5.31. The summed E-state index contributed by atoms with van der Waals surface area (Å²) in [5, 5.41) is 0. The number of halogens is 1. The van der Waals surface area contributed by atoms with Crippen molar-refractivity contribution in [2.45, 2.75) is 52.1 Å². The van der Waals surface area contributed by atoms with Gasteiger partial charge >= 0.3 is 0 Å². The van der Waals surface area contributed by atoms with Crippen molar-refractivity contribution in [1.29, 1.82) is 0 Å². The lowest BCUT2D eigenvalue weighted by Crippen LogP contribution is -2.50. The van der Waals surface area contributed by atoms with Crippen LogP contribution in [0.1, 0.15) is 46.5 Å². The van der Waals surface area contributed by atoms with Gasteiger partial charge in [-0.1, -0.05) is 33.6 Å². The van der Waals surface area contributed by atoms with Gasteiger partial charge in [-0.15, -0.1) is 0 Å². The predicted molar refractivity (Wildman–Crippen MR) is 54.3 cm³/mol. The van der Waals surface area contributed by atoms with E-state index in [4.69, 9.17) is 5.73 Å². The van der Waals surface area contributed by atoms with Gasteiger partial charge in [0.05, 0.1) is 0 Å². The van der Waals surface area contributed by atoms with Crippen LogP contribution in [0.5, 0.6) is 0 Å². The van der Waals surface area contributed by atoms with Crippen LogP contribution in [0.15, 0.2) is 0 Å². The first-order valence-corrected chi connectivity index (χ1v) is 5.31. The highest BCUT2D eigenvalue weighted by Crippen LogP contribution is 2.46. The van der Waals surface area contributed by atoms with E-state index in [-0.39, 0.29) is 17.9 Å². The summed E-state index contributed by atoms with van der Waals surface area (Å²) in [5.74, 6) is 0.192. The fraction of sp³-hybridized carbons (Fsp3) is 1.00. The predicted octanol–water partition coefficient (Wildman–Crippen LogP) is 2.89. The van der Waals surface area contributed by atoms with Crippen LogP contribution in [-0.2, 0) is 0 Å². The van der Waals surface area contributed by atoms with Crippen LogP contribution in [0, 0.1) is 11.3 Å². The van der Waals surface area contributed by atoms with Crippen molar-refractivity contribution in [3.8, 4) is 0 Å². The smallest absolute Gasteiger partial charge is 0.130 e. The van der Waals surface area contributed by atoms with Crippen LogP contribution in [-0.4, -0.2) is 12.2 Å². The average Bonchev–Trinajstić information content (AvgIpc) is 2.52. The van der Waals surface area contributed by atoms with Gasteiger partial charge in [0.15, 0.2) is 0 Å². The molecule has 0 saturated heterocycles. The Labute approximate surface area is 80.9 Å². The third kappa shape index (κ3) is 1.88. The Kier molecular flexibility index (Phi) is 3.01. The van der Waals surface area contributed by atoms with Gasteiger partial charge < -0.3 is 5.73 Å². The SMILES string of the molecule is CC(C)(C)C(F)(CN)C1CCCC1. The molecule has 0 bridgehead atoms. The zero-order valence-electron chi connectivity index (χ0n) is 9.07. The minimum atomic E-state index is -1.16. The van der Waals surface area contributed by atoms with Gasteiger partial charge in [0, 0.05) is 6.54 Å². The molecule has 1 aliphatic rings. The number of alkyl halides is 1. The topological polar surface area (TPSA) is 26.0 Å². The highest BCUT2D eigenvalue weighted by atomic mass is 19.1. The Morgan fingerprint density at radius 1 is 1.23 bits per heavy atom. The summed E-state index contributed by atoms with van der Waals surface area (Å²) in [5.41, 5.74) is 4.11. The van der Waals surface area contributed by atoms with E-state index in [1.165, 1.54) is 12.8 Å². The molecule has 0 spiro atoms. The normalized spacial score (nSPS) is 24.7. The lowest BCUT2D eigenvalue weighted by molar-refractivity contribution is -0.0176. The van der Waals surface area contributed by atoms with E-state index >= 15 is 0 Å². The molecule has 1 unspecified atom stereocenters. The molecule has 0 aromatic heterocycles. The summed E-state index contributed by atoms with van der Waals surface area (Å²) in [4.78, 5) is 0. The van der Waals surface area contributed by atoms with Crippen molar-refractivity contribution in [2.24, 2.45) is 17.1 Å². The van der Waals surface area contributed by atoms with E-state index in [0.29, 0.717) is 0 Å². The van der Waals surface area contributed by atoms with Crippen molar-refractivity contribution >= 4 is 0 Å². The summed E-state index contributed by atoms with van der Waals surface area (Å²) in [7, 11) is 0. The number of nitrogens with two attached hydrogens (primary N) is 1. The summed E-state index contributed by atoms with van der Waals surface area (Å²) in [6.07, 6.45) is 4.38. The van der Waals surface area contributed by atoms with Crippen LogP contribution in [0.2, 0.25) is 0 Å². The molecule has 0 radical (unpaired) electrons. The van der Waals surface area contributed by atoms with E-state index in [0.717, 1.165) is 12.8 Å². The molecule has 1 fully saturated rings. The molecule has 1 saturated carbocycles. The second kappa shape index (κ2) is 3.56. The van der Waals surface area contributed by atoms with Crippen molar-refractivity contribution in [2.75, 3.05) is 6.54 Å². The molecule has 13 heavy (non-hydrogen) atoms. The number of rotatable bonds is 2. The molecule has 0 heterocycles. The van der Waals surface area contributed by atoms with Gasteiger partial charge in [0.1, 0.15) is 5.67 Å². The maximum absolute atomic E-state index is 14.6. The Hall–Kier alpha value is -0.110. The summed E-state index contributed by atoms with van der Waals surface area (Å²) < 4.78 is 14.6. The van der Waals surface area contributed by atoms with Gasteiger partial charge in [0.25, 0.3) is 0 Å². The van der Waals surface area contributed by atoms with Crippen LogP contribution in [0.4, 0.5) is 4.39 Å². The van der Waals surface area contributed by atoms with Crippen LogP contribution >= 0.6 is 0 Å². The largest absolute Gasteiger partial charge is 0.327 e. The molecule has 1 rings (SSSR count). The number of hydrogen-bond donors (Lipinski definition) is 1. The minimum Gasteiger partial charge on any atom is -0.327 e. The third-order valence-corrected chi connectivity index (χ3v) is 3.55. The molecule has 0 aliphatic heterocycles. The van der Waals surface area contributed by atoms with Gasteiger partial charge in [0.2, 0.25) is 0 Å². The number of hydrogen-bond acceptors (Lipinski definition) is 1. The maximum atomic E-state index is 14.6. The molecule has 0 amide bonds. The van der Waals surface area contributed by atoms with E-state index in [2.05, 4.69) is 0 Å². The molecule has 1 aliphatic carbocycles. The van der Waals surface area contributed by atoms with Crippen molar-refractivity contribution in [3.05, 3.63) is 0 Å². The first-order chi connectivity index (χ1) is 5.92. The van der Waals surface area contributed by atoms with Gasteiger partial charge in [-0.3, -0.25) is 0 Å². The van der Waals surface area contributed by atoms with Crippen molar-refractivity contribution in [1.82, 2.24) is 0 Å². The van der Waals surface area contributed by atoms with Gasteiger partial charge in [-0.25, -0.2) is 4.39 Å². The van der Waals surface area contributed by atoms with Crippen LogP contribution in [0.3, 0.4) is 0 Å². The zero-order chi connectivity index (χ0) is 10.1. The Morgan fingerprint density at radius 3 is 2.00 bits per heavy atom. The Balaban J connectivity index is 2.79. The summed E-state index contributed by atoms with van der Waals surface area (Å²) in [6.45, 7) is 6.04. The van der Waals surface area contributed by atoms with Gasteiger partial charge in [-0.05, 0) is 24.2 Å². The molecule has 0 aromatic rings. The van der Waals surface area contributed by atoms with Crippen LogP contribution in [0.25, 0.3) is 0 Å². The molecule has 2 N–H and O–H groups in total. The molecule has 1 nitrogen and oxygen atoms in total. The fourth-order valence-corrected chi connectivity index (χ4v) is 2.47. The van der Waals surface area contributed by atoms with Gasteiger partial charge in [-0.2, -0.15) is 0 Å². The fourth-order valence-electron chi connectivity index (χ4n) is 2.47. The molecule has 1 atom stereocenters. The maximum Gasteiger partial charge on any atom is 0.130 e.